The Morgan fingerprint density at radius 1 is 1.50 bits per heavy atom. The molecule has 0 aliphatic rings. The fourth-order valence-electron chi connectivity index (χ4n) is 1.72. The fourth-order valence-corrected chi connectivity index (χ4v) is 2.59. The zero-order chi connectivity index (χ0) is 13.1. The van der Waals surface area contributed by atoms with Gasteiger partial charge < -0.3 is 0 Å². The third kappa shape index (κ3) is 2.41. The van der Waals surface area contributed by atoms with E-state index in [1.54, 1.807) is 19.1 Å². The number of aryl methyl sites for hydroxylation is 1. The van der Waals surface area contributed by atoms with Crippen LogP contribution in [-0.2, 0) is 0 Å². The van der Waals surface area contributed by atoms with E-state index >= 15 is 0 Å². The van der Waals surface area contributed by atoms with Crippen molar-refractivity contribution >= 4 is 11.3 Å². The summed E-state index contributed by atoms with van der Waals surface area (Å²) in [5.41, 5.74) is 2.32. The first-order valence-corrected chi connectivity index (χ1v) is 6.65. The predicted octanol–water partition coefficient (Wildman–Crippen LogP) is 4.27. The van der Waals surface area contributed by atoms with Gasteiger partial charge in [0.05, 0.1) is 17.7 Å². The molecular formula is C14H13FN2S. The fraction of sp³-hybridized carbons (Fsp3) is 0.286. The van der Waals surface area contributed by atoms with Crippen molar-refractivity contribution in [1.29, 1.82) is 5.26 Å². The number of nitriles is 1. The predicted molar refractivity (Wildman–Crippen MR) is 70.9 cm³/mol. The number of benzene rings is 1. The van der Waals surface area contributed by atoms with Crippen molar-refractivity contribution in [2.24, 2.45) is 0 Å². The average Bonchev–Trinajstić information content (AvgIpc) is 2.84. The highest BCUT2D eigenvalue weighted by Crippen LogP contribution is 2.29. The zero-order valence-electron chi connectivity index (χ0n) is 10.3. The summed E-state index contributed by atoms with van der Waals surface area (Å²) in [5.74, 6) is -0.365. The molecule has 0 aliphatic heterocycles. The van der Waals surface area contributed by atoms with Crippen molar-refractivity contribution in [3.05, 3.63) is 40.7 Å². The Kier molecular flexibility index (Phi) is 3.73. The van der Waals surface area contributed by atoms with Crippen molar-refractivity contribution in [3.8, 4) is 16.6 Å². The first kappa shape index (κ1) is 12.7. The van der Waals surface area contributed by atoms with Gasteiger partial charge in [-0.25, -0.2) is 9.37 Å². The van der Waals surface area contributed by atoms with Gasteiger partial charge in [0.2, 0.25) is 0 Å². The molecule has 2 aromatic rings. The van der Waals surface area contributed by atoms with E-state index in [1.807, 2.05) is 12.3 Å². The number of thiazole rings is 1. The van der Waals surface area contributed by atoms with Gasteiger partial charge in [0, 0.05) is 10.9 Å². The maximum absolute atomic E-state index is 13.2. The van der Waals surface area contributed by atoms with Crippen LogP contribution in [0, 0.1) is 24.1 Å². The zero-order valence-corrected chi connectivity index (χ0v) is 11.1. The Balaban J connectivity index is 2.35. The Morgan fingerprint density at radius 3 is 2.89 bits per heavy atom. The molecule has 0 saturated carbocycles. The lowest BCUT2D eigenvalue weighted by Crippen LogP contribution is -1.93. The van der Waals surface area contributed by atoms with E-state index in [-0.39, 0.29) is 11.7 Å². The van der Waals surface area contributed by atoms with Crippen molar-refractivity contribution < 1.29 is 4.39 Å². The summed E-state index contributed by atoms with van der Waals surface area (Å²) >= 11 is 1.49. The Morgan fingerprint density at radius 2 is 2.28 bits per heavy atom. The summed E-state index contributed by atoms with van der Waals surface area (Å²) in [6.45, 7) is 3.70. The van der Waals surface area contributed by atoms with Gasteiger partial charge in [-0.1, -0.05) is 6.92 Å². The number of rotatable bonds is 3. The normalized spacial score (nSPS) is 12.1. The molecule has 4 heteroatoms. The van der Waals surface area contributed by atoms with Crippen molar-refractivity contribution in [2.45, 2.75) is 26.2 Å². The van der Waals surface area contributed by atoms with E-state index in [0.717, 1.165) is 22.7 Å². The van der Waals surface area contributed by atoms with Crippen LogP contribution in [0.1, 0.15) is 30.5 Å². The average molecular weight is 260 g/mol. The molecule has 18 heavy (non-hydrogen) atoms. The molecule has 1 aromatic heterocycles. The molecule has 2 rings (SSSR count). The van der Waals surface area contributed by atoms with E-state index in [2.05, 4.69) is 11.1 Å². The first-order chi connectivity index (χ1) is 8.65. The van der Waals surface area contributed by atoms with Crippen LogP contribution in [-0.4, -0.2) is 4.98 Å². The van der Waals surface area contributed by atoms with Crippen molar-refractivity contribution in [2.75, 3.05) is 0 Å². The quantitative estimate of drug-likeness (QED) is 0.826. The summed E-state index contributed by atoms with van der Waals surface area (Å²) in [4.78, 5) is 4.47. The second-order valence-electron chi connectivity index (χ2n) is 4.13. The van der Waals surface area contributed by atoms with Crippen molar-refractivity contribution in [1.82, 2.24) is 4.98 Å². The molecule has 1 heterocycles. The smallest absolute Gasteiger partial charge is 0.126 e. The number of hydrogen-bond acceptors (Lipinski definition) is 3. The van der Waals surface area contributed by atoms with E-state index in [1.165, 1.54) is 17.4 Å². The summed E-state index contributed by atoms with van der Waals surface area (Å²) < 4.78 is 13.2. The number of aromatic nitrogens is 1. The molecule has 0 N–H and O–H groups in total. The van der Waals surface area contributed by atoms with Gasteiger partial charge in [0.1, 0.15) is 10.8 Å². The topological polar surface area (TPSA) is 36.7 Å². The lowest BCUT2D eigenvalue weighted by Gasteiger charge is -2.01. The minimum Gasteiger partial charge on any atom is -0.240 e. The van der Waals surface area contributed by atoms with Crippen molar-refractivity contribution in [3.63, 3.8) is 0 Å². The second kappa shape index (κ2) is 5.28. The second-order valence-corrected chi connectivity index (χ2v) is 4.99. The van der Waals surface area contributed by atoms with E-state index in [4.69, 9.17) is 5.26 Å². The molecular weight excluding hydrogens is 247 g/mol. The lowest BCUT2D eigenvalue weighted by atomic mass is 10.1. The molecule has 2 nitrogen and oxygen atoms in total. The van der Waals surface area contributed by atoms with E-state index < -0.39 is 0 Å². The Hall–Kier alpha value is -1.73. The molecule has 1 aromatic carbocycles. The van der Waals surface area contributed by atoms with Crippen LogP contribution in [0.25, 0.3) is 10.6 Å². The van der Waals surface area contributed by atoms with Crippen LogP contribution in [0.5, 0.6) is 0 Å². The lowest BCUT2D eigenvalue weighted by molar-refractivity contribution is 0.619. The molecule has 0 fully saturated rings. The minimum absolute atomic E-state index is 0.156. The van der Waals surface area contributed by atoms with Crippen LogP contribution in [0.3, 0.4) is 0 Å². The van der Waals surface area contributed by atoms with Gasteiger partial charge in [-0.15, -0.1) is 11.3 Å². The third-order valence-corrected chi connectivity index (χ3v) is 3.76. The molecule has 92 valence electrons. The molecule has 0 bridgehead atoms. The third-order valence-electron chi connectivity index (χ3n) is 2.85. The van der Waals surface area contributed by atoms with Gasteiger partial charge in [-0.05, 0) is 37.1 Å². The van der Waals surface area contributed by atoms with Gasteiger partial charge in [0.25, 0.3) is 0 Å². The standard InChI is InChI=1S/C14H13FN2S/c1-3-10(7-16)13-8-18-14(17-13)11-4-5-12(15)9(2)6-11/h4-6,8,10H,3H2,1-2H3. The first-order valence-electron chi connectivity index (χ1n) is 5.77. The van der Waals surface area contributed by atoms with Crippen LogP contribution >= 0.6 is 11.3 Å². The summed E-state index contributed by atoms with van der Waals surface area (Å²) in [6.07, 6.45) is 0.752. The van der Waals surface area contributed by atoms with Crippen LogP contribution in [0.4, 0.5) is 4.39 Å². The van der Waals surface area contributed by atoms with E-state index in [9.17, 15) is 4.39 Å². The maximum atomic E-state index is 13.2. The largest absolute Gasteiger partial charge is 0.240 e. The van der Waals surface area contributed by atoms with Gasteiger partial charge in [-0.2, -0.15) is 5.26 Å². The molecule has 0 aliphatic carbocycles. The molecule has 1 atom stereocenters. The van der Waals surface area contributed by atoms with Crippen LogP contribution in [0.15, 0.2) is 23.6 Å². The highest BCUT2D eigenvalue weighted by atomic mass is 32.1. The van der Waals surface area contributed by atoms with Crippen LogP contribution in [0.2, 0.25) is 0 Å². The van der Waals surface area contributed by atoms with E-state index in [0.29, 0.717) is 5.56 Å². The van der Waals surface area contributed by atoms with Crippen LogP contribution < -0.4 is 0 Å². The number of halogens is 1. The maximum Gasteiger partial charge on any atom is 0.126 e. The SMILES string of the molecule is CCC(C#N)c1csc(-c2ccc(F)c(C)c2)n1. The highest BCUT2D eigenvalue weighted by molar-refractivity contribution is 7.13. The Labute approximate surface area is 110 Å². The summed E-state index contributed by atoms with van der Waals surface area (Å²) in [7, 11) is 0. The molecule has 1 unspecified atom stereocenters. The highest BCUT2D eigenvalue weighted by Gasteiger charge is 2.13. The minimum atomic E-state index is -0.209. The van der Waals surface area contributed by atoms with Gasteiger partial charge in [0.15, 0.2) is 0 Å². The molecule has 0 spiro atoms. The van der Waals surface area contributed by atoms with Gasteiger partial charge in [-0.3, -0.25) is 0 Å². The number of nitrogens with zero attached hydrogens (tertiary/aromatic N) is 2. The summed E-state index contributed by atoms with van der Waals surface area (Å²) in [5, 5.41) is 11.7. The number of hydrogen-bond donors (Lipinski definition) is 0. The molecule has 0 radical (unpaired) electrons. The molecule has 0 amide bonds. The molecule has 0 saturated heterocycles. The monoisotopic (exact) mass is 260 g/mol. The van der Waals surface area contributed by atoms with Gasteiger partial charge >= 0.3 is 0 Å². The Bertz CT molecular complexity index is 598. The summed E-state index contributed by atoms with van der Waals surface area (Å²) in [6, 6.07) is 7.19.